The fourth-order valence-corrected chi connectivity index (χ4v) is 5.83. The fraction of sp³-hybridized carbons (Fsp3) is 0.444. The molecule has 0 aromatic heterocycles. The van der Waals surface area contributed by atoms with E-state index in [0.717, 1.165) is 36.9 Å². The average Bonchev–Trinajstić information content (AvgIpc) is 3.50. The molecule has 0 radical (unpaired) electrons. The second-order valence-electron chi connectivity index (χ2n) is 9.70. The first-order chi connectivity index (χ1) is 16.9. The summed E-state index contributed by atoms with van der Waals surface area (Å²) in [5, 5.41) is 6.51. The van der Waals surface area contributed by atoms with Gasteiger partial charge in [0.2, 0.25) is 5.91 Å². The average molecular weight is 496 g/mol. The van der Waals surface area contributed by atoms with E-state index in [4.69, 9.17) is 16.3 Å². The number of piperidine rings is 1. The number of amides is 3. The smallest absolute Gasteiger partial charge is 0.255 e. The summed E-state index contributed by atoms with van der Waals surface area (Å²) in [6, 6.07) is 10.8. The van der Waals surface area contributed by atoms with Crippen molar-refractivity contribution in [2.75, 3.05) is 25.5 Å². The molecule has 1 saturated carbocycles. The largest absolute Gasteiger partial charge is 0.497 e. The third kappa shape index (κ3) is 4.74. The van der Waals surface area contributed by atoms with Crippen LogP contribution >= 0.6 is 11.6 Å². The summed E-state index contributed by atoms with van der Waals surface area (Å²) in [7, 11) is 1.55. The van der Waals surface area contributed by atoms with E-state index >= 15 is 0 Å². The van der Waals surface area contributed by atoms with Gasteiger partial charge in [-0.3, -0.25) is 14.4 Å². The van der Waals surface area contributed by atoms with Crippen molar-refractivity contribution in [2.24, 2.45) is 5.92 Å². The Kier molecular flexibility index (Phi) is 6.69. The monoisotopic (exact) mass is 495 g/mol. The summed E-state index contributed by atoms with van der Waals surface area (Å²) in [6.45, 7) is 1.08. The lowest BCUT2D eigenvalue weighted by atomic mass is 9.80. The Bertz CT molecular complexity index is 1150. The lowest BCUT2D eigenvalue weighted by Gasteiger charge is -2.34. The molecule has 1 saturated heterocycles. The topological polar surface area (TPSA) is 87.7 Å². The molecule has 1 unspecified atom stereocenters. The van der Waals surface area contributed by atoms with Gasteiger partial charge in [-0.25, -0.2) is 0 Å². The number of fused-ring (bicyclic) bond motifs is 1. The van der Waals surface area contributed by atoms with Crippen LogP contribution in [0.4, 0.5) is 5.69 Å². The Morgan fingerprint density at radius 3 is 2.51 bits per heavy atom. The number of hydrogen-bond acceptors (Lipinski definition) is 4. The molecule has 0 bridgehead atoms. The Balaban J connectivity index is 1.28. The zero-order valence-corrected chi connectivity index (χ0v) is 20.6. The molecule has 5 rings (SSSR count). The third-order valence-electron chi connectivity index (χ3n) is 7.58. The molecule has 2 aliphatic heterocycles. The second kappa shape index (κ2) is 9.90. The lowest BCUT2D eigenvalue weighted by Crippen LogP contribution is -2.40. The number of anilines is 1. The summed E-state index contributed by atoms with van der Waals surface area (Å²) in [5.74, 6) is 0.118. The van der Waals surface area contributed by atoms with Crippen LogP contribution in [-0.4, -0.2) is 48.9 Å². The minimum Gasteiger partial charge on any atom is -0.497 e. The van der Waals surface area contributed by atoms with Crippen molar-refractivity contribution in [1.82, 2.24) is 10.2 Å². The number of likely N-dealkylation sites (tertiary alicyclic amines) is 1. The Morgan fingerprint density at radius 2 is 1.80 bits per heavy atom. The predicted octanol–water partition coefficient (Wildman–Crippen LogP) is 4.61. The van der Waals surface area contributed by atoms with E-state index in [9.17, 15) is 14.4 Å². The van der Waals surface area contributed by atoms with Gasteiger partial charge in [-0.05, 0) is 73.6 Å². The van der Waals surface area contributed by atoms with E-state index in [-0.39, 0.29) is 35.6 Å². The highest BCUT2D eigenvalue weighted by molar-refractivity contribution is 6.33. The highest BCUT2D eigenvalue weighted by Gasteiger charge is 2.39. The molecule has 3 aliphatic rings. The van der Waals surface area contributed by atoms with Crippen LogP contribution in [0.25, 0.3) is 0 Å². The Hall–Kier alpha value is -3.06. The van der Waals surface area contributed by atoms with E-state index in [2.05, 4.69) is 10.6 Å². The Labute approximate surface area is 210 Å². The number of hydrogen-bond donors (Lipinski definition) is 2. The molecule has 2 fully saturated rings. The number of carbonyl (C=O) groups is 3. The maximum Gasteiger partial charge on any atom is 0.255 e. The number of ether oxygens (including phenoxy) is 1. The maximum absolute atomic E-state index is 13.1. The van der Waals surface area contributed by atoms with E-state index in [0.29, 0.717) is 47.8 Å². The van der Waals surface area contributed by atoms with Crippen LogP contribution < -0.4 is 15.4 Å². The molecule has 2 heterocycles. The number of halogens is 1. The van der Waals surface area contributed by atoms with Crippen LogP contribution in [0, 0.1) is 5.92 Å². The first kappa shape index (κ1) is 23.7. The summed E-state index contributed by atoms with van der Waals surface area (Å²) in [5.41, 5.74) is 2.68. The molecule has 35 heavy (non-hydrogen) atoms. The minimum absolute atomic E-state index is 0.0334. The molecule has 2 N–H and O–H groups in total. The molecule has 7 nitrogen and oxygen atoms in total. The third-order valence-corrected chi connectivity index (χ3v) is 7.91. The van der Waals surface area contributed by atoms with Gasteiger partial charge in [-0.1, -0.05) is 24.4 Å². The molecule has 184 valence electrons. The molecule has 2 aromatic rings. The van der Waals surface area contributed by atoms with Crippen molar-refractivity contribution in [3.05, 3.63) is 58.1 Å². The normalized spacial score (nSPS) is 20.5. The summed E-state index contributed by atoms with van der Waals surface area (Å²) in [4.78, 5) is 40.6. The number of methoxy groups -OCH3 is 1. The number of carbonyl (C=O) groups excluding carboxylic acids is 3. The molecule has 2 aromatic carbocycles. The molecule has 8 heteroatoms. The van der Waals surface area contributed by atoms with E-state index in [1.54, 1.807) is 36.3 Å². The summed E-state index contributed by atoms with van der Waals surface area (Å²) in [6.07, 6.45) is 5.75. The fourth-order valence-electron chi connectivity index (χ4n) is 5.64. The standard InChI is InChI=1S/C27H30ClN3O4/c1-35-19-7-8-22(28)20(15-19)27(34)31-12-10-16(11-13-31)24-21-14-17(6-9-23(21)30-26(24)33)25(32)29-18-4-2-3-5-18/h6-9,14-16,18,24H,2-5,10-13H2,1H3,(H,29,32)(H,30,33). The van der Waals surface area contributed by atoms with Crippen LogP contribution in [0.15, 0.2) is 36.4 Å². The quantitative estimate of drug-likeness (QED) is 0.634. The van der Waals surface area contributed by atoms with E-state index in [1.807, 2.05) is 12.1 Å². The second-order valence-corrected chi connectivity index (χ2v) is 10.1. The van der Waals surface area contributed by atoms with Crippen LogP contribution in [0.3, 0.4) is 0 Å². The van der Waals surface area contributed by atoms with Gasteiger partial charge in [0.15, 0.2) is 0 Å². The highest BCUT2D eigenvalue weighted by Crippen LogP contribution is 2.42. The zero-order valence-electron chi connectivity index (χ0n) is 19.8. The molecule has 0 spiro atoms. The summed E-state index contributed by atoms with van der Waals surface area (Å²) >= 11 is 6.28. The van der Waals surface area contributed by atoms with Crippen LogP contribution in [0.5, 0.6) is 5.75 Å². The van der Waals surface area contributed by atoms with Gasteiger partial charge in [0.25, 0.3) is 11.8 Å². The van der Waals surface area contributed by atoms with Gasteiger partial charge in [0.05, 0.1) is 23.6 Å². The first-order valence-corrected chi connectivity index (χ1v) is 12.7. The predicted molar refractivity (Wildman–Crippen MR) is 134 cm³/mol. The van der Waals surface area contributed by atoms with Crippen LogP contribution in [0.2, 0.25) is 5.02 Å². The van der Waals surface area contributed by atoms with Gasteiger partial charge in [-0.2, -0.15) is 0 Å². The van der Waals surface area contributed by atoms with Crippen LogP contribution in [-0.2, 0) is 4.79 Å². The molecular weight excluding hydrogens is 466 g/mol. The molecule has 1 aliphatic carbocycles. The van der Waals surface area contributed by atoms with Crippen LogP contribution in [0.1, 0.15) is 70.7 Å². The first-order valence-electron chi connectivity index (χ1n) is 12.3. The molecule has 1 atom stereocenters. The van der Waals surface area contributed by atoms with Crippen molar-refractivity contribution in [3.63, 3.8) is 0 Å². The minimum atomic E-state index is -0.318. The molecular formula is C27H30ClN3O4. The number of nitrogens with zero attached hydrogens (tertiary/aromatic N) is 1. The van der Waals surface area contributed by atoms with Crippen molar-refractivity contribution in [3.8, 4) is 5.75 Å². The summed E-state index contributed by atoms with van der Waals surface area (Å²) < 4.78 is 5.24. The lowest BCUT2D eigenvalue weighted by molar-refractivity contribution is -0.118. The Morgan fingerprint density at radius 1 is 1.06 bits per heavy atom. The van der Waals surface area contributed by atoms with Crippen molar-refractivity contribution in [2.45, 2.75) is 50.5 Å². The number of rotatable bonds is 5. The van der Waals surface area contributed by atoms with E-state index < -0.39 is 0 Å². The maximum atomic E-state index is 13.1. The van der Waals surface area contributed by atoms with Gasteiger partial charge >= 0.3 is 0 Å². The van der Waals surface area contributed by atoms with Gasteiger partial charge < -0.3 is 20.3 Å². The highest BCUT2D eigenvalue weighted by atomic mass is 35.5. The van der Waals surface area contributed by atoms with Gasteiger partial charge in [-0.15, -0.1) is 0 Å². The SMILES string of the molecule is COc1ccc(Cl)c(C(=O)N2CCC(C3C(=O)Nc4ccc(C(=O)NC5CCCC5)cc43)CC2)c1. The van der Waals surface area contributed by atoms with Crippen molar-refractivity contribution in [1.29, 1.82) is 0 Å². The van der Waals surface area contributed by atoms with E-state index in [1.165, 1.54) is 0 Å². The number of benzene rings is 2. The number of nitrogens with one attached hydrogen (secondary N) is 2. The van der Waals surface area contributed by atoms with Gasteiger partial charge in [0, 0.05) is 30.4 Å². The zero-order chi connectivity index (χ0) is 24.5. The van der Waals surface area contributed by atoms with Crippen molar-refractivity contribution >= 4 is 35.0 Å². The molecule has 3 amide bonds. The van der Waals surface area contributed by atoms with Crippen molar-refractivity contribution < 1.29 is 19.1 Å². The van der Waals surface area contributed by atoms with Gasteiger partial charge in [0.1, 0.15) is 5.75 Å².